The van der Waals surface area contributed by atoms with E-state index in [1.807, 2.05) is 13.8 Å². The van der Waals surface area contributed by atoms with Gasteiger partial charge in [0.2, 0.25) is 0 Å². The minimum atomic E-state index is -0.524. The number of amides is 1. The van der Waals surface area contributed by atoms with Crippen LogP contribution in [0.4, 0.5) is 5.82 Å². The molecule has 1 aromatic heterocycles. The highest BCUT2D eigenvalue weighted by Crippen LogP contribution is 2.09. The molecule has 0 bridgehead atoms. The van der Waals surface area contributed by atoms with Gasteiger partial charge in [-0.25, -0.2) is 0 Å². The van der Waals surface area contributed by atoms with E-state index in [2.05, 4.69) is 16.8 Å². The predicted octanol–water partition coefficient (Wildman–Crippen LogP) is 1.53. The third-order valence-electron chi connectivity index (χ3n) is 2.93. The van der Waals surface area contributed by atoms with Gasteiger partial charge in [-0.1, -0.05) is 23.8 Å². The number of esters is 1. The number of rotatable bonds is 8. The predicted molar refractivity (Wildman–Crippen MR) is 88.3 cm³/mol. The molecule has 0 aliphatic rings. The molecule has 0 aliphatic heterocycles. The lowest BCUT2D eigenvalue weighted by Crippen LogP contribution is -2.37. The molecule has 1 aromatic rings. The van der Waals surface area contributed by atoms with Crippen molar-refractivity contribution in [1.29, 1.82) is 0 Å². The van der Waals surface area contributed by atoms with Gasteiger partial charge in [-0.05, 0) is 26.0 Å². The monoisotopic (exact) mass is 340 g/mol. The Kier molecular flexibility index (Phi) is 7.47. The minimum Gasteiger partial charge on any atom is -0.454 e. The summed E-state index contributed by atoms with van der Waals surface area (Å²) >= 11 is 5.65. The lowest BCUT2D eigenvalue weighted by Gasteiger charge is -2.21. The first-order chi connectivity index (χ1) is 10.8. The van der Waals surface area contributed by atoms with Gasteiger partial charge in [-0.2, -0.15) is 0 Å². The van der Waals surface area contributed by atoms with Crippen LogP contribution in [0.1, 0.15) is 13.8 Å². The fourth-order valence-electron chi connectivity index (χ4n) is 1.77. The molecule has 0 radical (unpaired) electrons. The van der Waals surface area contributed by atoms with Gasteiger partial charge >= 0.3 is 5.97 Å². The summed E-state index contributed by atoms with van der Waals surface area (Å²) in [7, 11) is 1.67. The van der Waals surface area contributed by atoms with Crippen molar-refractivity contribution in [3.8, 4) is 0 Å². The molecule has 126 valence electrons. The Morgan fingerprint density at radius 1 is 1.30 bits per heavy atom. The number of anilines is 1. The molecular formula is C15H21ClN4O3. The van der Waals surface area contributed by atoms with E-state index < -0.39 is 5.97 Å². The van der Waals surface area contributed by atoms with Gasteiger partial charge in [0.25, 0.3) is 5.91 Å². The molecule has 1 heterocycles. The number of hydrogen-bond acceptors (Lipinski definition) is 6. The maximum atomic E-state index is 12.0. The van der Waals surface area contributed by atoms with Gasteiger partial charge in [0, 0.05) is 20.1 Å². The molecule has 0 N–H and O–H groups in total. The molecule has 23 heavy (non-hydrogen) atoms. The summed E-state index contributed by atoms with van der Waals surface area (Å²) in [6.45, 7) is 8.11. The zero-order valence-corrected chi connectivity index (χ0v) is 14.3. The zero-order valence-electron chi connectivity index (χ0n) is 13.6. The van der Waals surface area contributed by atoms with Crippen molar-refractivity contribution in [2.24, 2.45) is 0 Å². The third kappa shape index (κ3) is 6.65. The molecular weight excluding hydrogens is 320 g/mol. The number of carbonyl (C=O) groups is 2. The number of ether oxygens (including phenoxy) is 1. The Bertz CT molecular complexity index is 562. The second kappa shape index (κ2) is 9.09. The second-order valence-electron chi connectivity index (χ2n) is 5.10. The van der Waals surface area contributed by atoms with Crippen LogP contribution in [0.2, 0.25) is 5.15 Å². The standard InChI is InChI=1S/C15H21ClN4O3/c1-5-20(8-11(2)3)14(21)10-23-15(22)9-19(4)13-7-6-12(16)17-18-13/h6-7H,2,5,8-10H2,1,3-4H3. The molecule has 0 aliphatic carbocycles. The highest BCUT2D eigenvalue weighted by atomic mass is 35.5. The molecule has 8 heteroatoms. The zero-order chi connectivity index (χ0) is 17.4. The molecule has 0 aromatic carbocycles. The maximum absolute atomic E-state index is 12.0. The van der Waals surface area contributed by atoms with Gasteiger partial charge in [-0.3, -0.25) is 9.59 Å². The summed E-state index contributed by atoms with van der Waals surface area (Å²) in [5.41, 5.74) is 0.868. The van der Waals surface area contributed by atoms with Gasteiger partial charge < -0.3 is 14.5 Å². The van der Waals surface area contributed by atoms with Crippen LogP contribution < -0.4 is 4.90 Å². The van der Waals surface area contributed by atoms with E-state index in [-0.39, 0.29) is 24.2 Å². The van der Waals surface area contributed by atoms with Crippen molar-refractivity contribution in [1.82, 2.24) is 15.1 Å². The molecule has 0 unspecified atom stereocenters. The fraction of sp³-hybridized carbons (Fsp3) is 0.467. The fourth-order valence-corrected chi connectivity index (χ4v) is 1.87. The van der Waals surface area contributed by atoms with E-state index in [0.29, 0.717) is 18.9 Å². The van der Waals surface area contributed by atoms with E-state index in [0.717, 1.165) is 5.57 Å². The Morgan fingerprint density at radius 3 is 2.52 bits per heavy atom. The number of likely N-dealkylation sites (N-methyl/N-ethyl adjacent to an activating group) is 2. The summed E-state index contributed by atoms with van der Waals surface area (Å²) in [5.74, 6) is -0.295. The molecule has 7 nitrogen and oxygen atoms in total. The molecule has 0 atom stereocenters. The first kappa shape index (κ1) is 18.9. The van der Waals surface area contributed by atoms with Crippen molar-refractivity contribution in [3.05, 3.63) is 29.4 Å². The van der Waals surface area contributed by atoms with Gasteiger partial charge in [-0.15, -0.1) is 10.2 Å². The number of carbonyl (C=O) groups excluding carboxylic acids is 2. The summed E-state index contributed by atoms with van der Waals surface area (Å²) in [6.07, 6.45) is 0. The summed E-state index contributed by atoms with van der Waals surface area (Å²) in [5, 5.41) is 7.82. The van der Waals surface area contributed by atoms with Crippen LogP contribution in [-0.2, 0) is 14.3 Å². The Labute approximate surface area is 140 Å². The SMILES string of the molecule is C=C(C)CN(CC)C(=O)COC(=O)CN(C)c1ccc(Cl)nn1. The Hall–Kier alpha value is -2.15. The van der Waals surface area contributed by atoms with Crippen LogP contribution in [0.3, 0.4) is 0 Å². The molecule has 1 rings (SSSR count). The quantitative estimate of drug-likeness (QED) is 0.527. The number of aromatic nitrogens is 2. The van der Waals surface area contributed by atoms with E-state index in [1.165, 1.54) is 0 Å². The van der Waals surface area contributed by atoms with E-state index in [9.17, 15) is 9.59 Å². The lowest BCUT2D eigenvalue weighted by molar-refractivity contribution is -0.150. The highest BCUT2D eigenvalue weighted by molar-refractivity contribution is 6.29. The smallest absolute Gasteiger partial charge is 0.326 e. The van der Waals surface area contributed by atoms with Crippen molar-refractivity contribution in [2.75, 3.05) is 38.2 Å². The minimum absolute atomic E-state index is 0.0454. The van der Waals surface area contributed by atoms with Crippen molar-refractivity contribution >= 4 is 29.3 Å². The lowest BCUT2D eigenvalue weighted by atomic mass is 10.3. The van der Waals surface area contributed by atoms with Crippen LogP contribution in [0, 0.1) is 0 Å². The van der Waals surface area contributed by atoms with E-state index in [4.69, 9.17) is 16.3 Å². The van der Waals surface area contributed by atoms with Gasteiger partial charge in [0.05, 0.1) is 0 Å². The number of hydrogen-bond donors (Lipinski definition) is 0. The average Bonchev–Trinajstić information content (AvgIpc) is 2.50. The molecule has 0 saturated heterocycles. The molecule has 1 amide bonds. The van der Waals surface area contributed by atoms with Gasteiger partial charge in [0.1, 0.15) is 6.54 Å². The van der Waals surface area contributed by atoms with Crippen molar-refractivity contribution in [3.63, 3.8) is 0 Å². The number of nitrogens with zero attached hydrogens (tertiary/aromatic N) is 4. The molecule has 0 fully saturated rings. The third-order valence-corrected chi connectivity index (χ3v) is 3.13. The summed E-state index contributed by atoms with van der Waals surface area (Å²) in [6, 6.07) is 3.21. The largest absolute Gasteiger partial charge is 0.454 e. The number of halogens is 1. The second-order valence-corrected chi connectivity index (χ2v) is 5.48. The van der Waals surface area contributed by atoms with Gasteiger partial charge in [0.15, 0.2) is 17.6 Å². The Balaban J connectivity index is 2.45. The Morgan fingerprint density at radius 2 is 2.00 bits per heavy atom. The molecule has 0 saturated carbocycles. The van der Waals surface area contributed by atoms with Crippen LogP contribution in [0.5, 0.6) is 0 Å². The van der Waals surface area contributed by atoms with Crippen LogP contribution in [0.15, 0.2) is 24.3 Å². The first-order valence-electron chi connectivity index (χ1n) is 7.11. The van der Waals surface area contributed by atoms with E-state index >= 15 is 0 Å². The van der Waals surface area contributed by atoms with Crippen LogP contribution in [0.25, 0.3) is 0 Å². The first-order valence-corrected chi connectivity index (χ1v) is 7.49. The highest BCUT2D eigenvalue weighted by Gasteiger charge is 2.16. The van der Waals surface area contributed by atoms with Crippen LogP contribution >= 0.6 is 11.6 Å². The average molecular weight is 341 g/mol. The summed E-state index contributed by atoms with van der Waals surface area (Å²) in [4.78, 5) is 26.9. The van der Waals surface area contributed by atoms with E-state index in [1.54, 1.807) is 29.0 Å². The maximum Gasteiger partial charge on any atom is 0.326 e. The molecule has 0 spiro atoms. The van der Waals surface area contributed by atoms with Crippen LogP contribution in [-0.4, -0.2) is 60.3 Å². The van der Waals surface area contributed by atoms with Crippen molar-refractivity contribution in [2.45, 2.75) is 13.8 Å². The summed E-state index contributed by atoms with van der Waals surface area (Å²) < 4.78 is 5.01. The topological polar surface area (TPSA) is 75.6 Å². The normalized spacial score (nSPS) is 10.1. The van der Waals surface area contributed by atoms with Crippen molar-refractivity contribution < 1.29 is 14.3 Å².